The molecule has 0 amide bonds. The first-order chi connectivity index (χ1) is 8.24. The topological polar surface area (TPSA) is 70.3 Å². The van der Waals surface area contributed by atoms with Crippen molar-refractivity contribution in [1.29, 1.82) is 0 Å². The number of nitrogens with zero attached hydrogens (tertiary/aromatic N) is 2. The van der Waals surface area contributed by atoms with E-state index >= 15 is 0 Å². The Bertz CT molecular complexity index is 380. The van der Waals surface area contributed by atoms with Gasteiger partial charge in [-0.25, -0.2) is 4.98 Å². The molecule has 1 atom stereocenters. The van der Waals surface area contributed by atoms with Gasteiger partial charge in [0.2, 0.25) is 11.8 Å². The van der Waals surface area contributed by atoms with Gasteiger partial charge in [0.25, 0.3) is 0 Å². The molecule has 0 spiro atoms. The Hall–Kier alpha value is -1.36. The molecule has 1 aliphatic rings. The number of hydrogen-bond acceptors (Lipinski definition) is 5. The summed E-state index contributed by atoms with van der Waals surface area (Å²) >= 11 is 0. The fraction of sp³-hybridized carbons (Fsp3) is 0.667. The first-order valence-electron chi connectivity index (χ1n) is 5.95. The molecule has 1 fully saturated rings. The predicted octanol–water partition coefficient (Wildman–Crippen LogP) is 1.68. The molecule has 94 valence electrons. The lowest BCUT2D eigenvalue weighted by Crippen LogP contribution is -2.21. The van der Waals surface area contributed by atoms with Gasteiger partial charge in [0.05, 0.1) is 26.5 Å². The minimum absolute atomic E-state index is 0.103. The summed E-state index contributed by atoms with van der Waals surface area (Å²) in [4.78, 5) is 8.49. The van der Waals surface area contributed by atoms with Crippen LogP contribution in [0.15, 0.2) is 6.20 Å². The van der Waals surface area contributed by atoms with Crippen LogP contribution in [-0.2, 0) is 0 Å². The number of methoxy groups -OCH3 is 2. The van der Waals surface area contributed by atoms with Crippen molar-refractivity contribution in [2.75, 3.05) is 14.2 Å². The summed E-state index contributed by atoms with van der Waals surface area (Å²) in [5, 5.41) is 0. The average Bonchev–Trinajstić information content (AvgIpc) is 2.32. The summed E-state index contributed by atoms with van der Waals surface area (Å²) in [5.74, 6) is 1.65. The van der Waals surface area contributed by atoms with E-state index in [2.05, 4.69) is 9.97 Å². The van der Waals surface area contributed by atoms with Crippen molar-refractivity contribution < 1.29 is 9.47 Å². The van der Waals surface area contributed by atoms with Gasteiger partial charge in [-0.2, -0.15) is 4.98 Å². The third-order valence-corrected chi connectivity index (χ3v) is 3.31. The summed E-state index contributed by atoms with van der Waals surface area (Å²) in [5.41, 5.74) is 6.87. The summed E-state index contributed by atoms with van der Waals surface area (Å²) in [6, 6.07) is -0.103. The van der Waals surface area contributed by atoms with Crippen LogP contribution in [0.1, 0.15) is 37.4 Å². The summed E-state index contributed by atoms with van der Waals surface area (Å²) in [6.45, 7) is 0. The maximum absolute atomic E-state index is 6.15. The van der Waals surface area contributed by atoms with Crippen LogP contribution in [0.5, 0.6) is 11.8 Å². The van der Waals surface area contributed by atoms with Crippen molar-refractivity contribution in [3.05, 3.63) is 11.9 Å². The summed E-state index contributed by atoms with van der Waals surface area (Å²) < 4.78 is 10.2. The van der Waals surface area contributed by atoms with E-state index in [0.717, 1.165) is 18.0 Å². The molecule has 1 unspecified atom stereocenters. The minimum Gasteiger partial charge on any atom is -0.480 e. The number of nitrogens with two attached hydrogens (primary N) is 1. The smallest absolute Gasteiger partial charge is 0.240 e. The first kappa shape index (κ1) is 12.1. The largest absolute Gasteiger partial charge is 0.480 e. The second-order valence-electron chi connectivity index (χ2n) is 4.45. The number of rotatable bonds is 5. The third kappa shape index (κ3) is 2.66. The van der Waals surface area contributed by atoms with Crippen molar-refractivity contribution in [3.8, 4) is 11.8 Å². The van der Waals surface area contributed by atoms with Gasteiger partial charge in [-0.1, -0.05) is 19.3 Å². The fourth-order valence-corrected chi connectivity index (χ4v) is 2.07. The van der Waals surface area contributed by atoms with Gasteiger partial charge in [-0.05, 0) is 12.3 Å². The van der Waals surface area contributed by atoms with Crippen molar-refractivity contribution in [1.82, 2.24) is 9.97 Å². The lowest BCUT2D eigenvalue weighted by molar-refractivity contribution is 0.271. The Labute approximate surface area is 101 Å². The average molecular weight is 237 g/mol. The highest BCUT2D eigenvalue weighted by atomic mass is 16.5. The number of aromatic nitrogens is 2. The van der Waals surface area contributed by atoms with Crippen molar-refractivity contribution in [2.24, 2.45) is 11.7 Å². The van der Waals surface area contributed by atoms with Gasteiger partial charge < -0.3 is 15.2 Å². The highest BCUT2D eigenvalue weighted by Gasteiger charge is 2.24. The van der Waals surface area contributed by atoms with Crippen LogP contribution in [0.2, 0.25) is 0 Å². The van der Waals surface area contributed by atoms with E-state index in [1.807, 2.05) is 0 Å². The fourth-order valence-electron chi connectivity index (χ4n) is 2.07. The van der Waals surface area contributed by atoms with Crippen LogP contribution in [0.4, 0.5) is 0 Å². The molecule has 0 aliphatic heterocycles. The Morgan fingerprint density at radius 3 is 2.71 bits per heavy atom. The van der Waals surface area contributed by atoms with E-state index in [-0.39, 0.29) is 6.04 Å². The van der Waals surface area contributed by atoms with Gasteiger partial charge in [0, 0.05) is 0 Å². The zero-order valence-corrected chi connectivity index (χ0v) is 10.3. The Kier molecular flexibility index (Phi) is 3.78. The van der Waals surface area contributed by atoms with Gasteiger partial charge in [-0.15, -0.1) is 0 Å². The first-order valence-corrected chi connectivity index (χ1v) is 5.95. The summed E-state index contributed by atoms with van der Waals surface area (Å²) in [6.07, 6.45) is 6.41. The second-order valence-corrected chi connectivity index (χ2v) is 4.45. The lowest BCUT2D eigenvalue weighted by atomic mass is 9.80. The molecule has 0 bridgehead atoms. The van der Waals surface area contributed by atoms with E-state index in [0.29, 0.717) is 11.8 Å². The van der Waals surface area contributed by atoms with E-state index in [1.165, 1.54) is 19.3 Å². The molecule has 0 saturated heterocycles. The monoisotopic (exact) mass is 237 g/mol. The van der Waals surface area contributed by atoms with Gasteiger partial charge in [-0.3, -0.25) is 0 Å². The predicted molar refractivity (Wildman–Crippen MR) is 64.0 cm³/mol. The maximum Gasteiger partial charge on any atom is 0.240 e. The number of ether oxygens (including phenoxy) is 2. The summed E-state index contributed by atoms with van der Waals surface area (Å²) in [7, 11) is 3.13. The van der Waals surface area contributed by atoms with Crippen molar-refractivity contribution in [2.45, 2.75) is 31.7 Å². The normalized spacial score (nSPS) is 17.4. The number of hydrogen-bond donors (Lipinski definition) is 1. The SMILES string of the molecule is COc1cnc(C(N)CC2CCC2)c(OC)n1. The van der Waals surface area contributed by atoms with Gasteiger partial charge >= 0.3 is 0 Å². The van der Waals surface area contributed by atoms with Crippen LogP contribution in [0.3, 0.4) is 0 Å². The zero-order valence-electron chi connectivity index (χ0n) is 10.3. The van der Waals surface area contributed by atoms with Crippen molar-refractivity contribution >= 4 is 0 Å². The van der Waals surface area contributed by atoms with E-state index in [1.54, 1.807) is 20.4 Å². The Morgan fingerprint density at radius 1 is 1.41 bits per heavy atom. The molecule has 1 heterocycles. The zero-order chi connectivity index (χ0) is 12.3. The molecule has 1 aliphatic carbocycles. The maximum atomic E-state index is 6.15. The molecule has 5 nitrogen and oxygen atoms in total. The molecule has 0 radical (unpaired) electrons. The molecule has 1 aromatic rings. The highest BCUT2D eigenvalue weighted by molar-refractivity contribution is 5.25. The molecule has 17 heavy (non-hydrogen) atoms. The van der Waals surface area contributed by atoms with Gasteiger partial charge in [0.15, 0.2) is 0 Å². The van der Waals surface area contributed by atoms with E-state index in [4.69, 9.17) is 15.2 Å². The highest BCUT2D eigenvalue weighted by Crippen LogP contribution is 2.35. The molecule has 1 saturated carbocycles. The Balaban J connectivity index is 2.12. The lowest BCUT2D eigenvalue weighted by Gasteiger charge is -2.28. The van der Waals surface area contributed by atoms with Crippen LogP contribution >= 0.6 is 0 Å². The van der Waals surface area contributed by atoms with E-state index in [9.17, 15) is 0 Å². The van der Waals surface area contributed by atoms with Crippen LogP contribution in [-0.4, -0.2) is 24.2 Å². The van der Waals surface area contributed by atoms with Crippen LogP contribution in [0.25, 0.3) is 0 Å². The second kappa shape index (κ2) is 5.31. The van der Waals surface area contributed by atoms with Crippen LogP contribution in [0, 0.1) is 5.92 Å². The molecule has 5 heteroatoms. The molecule has 1 aromatic heterocycles. The quantitative estimate of drug-likeness (QED) is 0.843. The van der Waals surface area contributed by atoms with Crippen LogP contribution < -0.4 is 15.2 Å². The molecular weight excluding hydrogens is 218 g/mol. The standard InChI is InChI=1S/C12H19N3O2/c1-16-10-7-14-11(12(15-10)17-2)9(13)6-8-4-3-5-8/h7-9H,3-6,13H2,1-2H3. The molecule has 2 rings (SSSR count). The van der Waals surface area contributed by atoms with Crippen molar-refractivity contribution in [3.63, 3.8) is 0 Å². The minimum atomic E-state index is -0.103. The molecular formula is C12H19N3O2. The molecule has 0 aromatic carbocycles. The third-order valence-electron chi connectivity index (χ3n) is 3.31. The van der Waals surface area contributed by atoms with Gasteiger partial charge in [0.1, 0.15) is 5.69 Å². The molecule has 2 N–H and O–H groups in total. The van der Waals surface area contributed by atoms with E-state index < -0.39 is 0 Å². The Morgan fingerprint density at radius 2 is 2.18 bits per heavy atom.